The summed E-state index contributed by atoms with van der Waals surface area (Å²) in [6, 6.07) is 0.314. The van der Waals surface area contributed by atoms with E-state index in [9.17, 15) is 4.79 Å². The minimum absolute atomic E-state index is 0.0159. The number of carbonyl (C=O) groups is 1. The van der Waals surface area contributed by atoms with Crippen LogP contribution in [0.1, 0.15) is 46.0 Å². The molecule has 2 unspecified atom stereocenters. The fraction of sp³-hybridized carbons (Fsp3) is 0.800. The summed E-state index contributed by atoms with van der Waals surface area (Å²) in [6.07, 6.45) is 9.99. The van der Waals surface area contributed by atoms with E-state index in [4.69, 9.17) is 0 Å². The highest BCUT2D eigenvalue weighted by molar-refractivity contribution is 5.82. The van der Waals surface area contributed by atoms with E-state index in [1.165, 1.54) is 12.8 Å². The molecule has 0 radical (unpaired) electrons. The Morgan fingerprint density at radius 3 is 2.83 bits per heavy atom. The predicted octanol–water partition coefficient (Wildman–Crippen LogP) is 2.33. The number of nitrogens with zero attached hydrogens (tertiary/aromatic N) is 1. The summed E-state index contributed by atoms with van der Waals surface area (Å²) in [5.41, 5.74) is 0.246. The summed E-state index contributed by atoms with van der Waals surface area (Å²) in [5, 5.41) is 3.20. The molecule has 1 aliphatic carbocycles. The lowest BCUT2D eigenvalue weighted by atomic mass is 9.83. The minimum atomic E-state index is -0.0159. The van der Waals surface area contributed by atoms with Crippen LogP contribution in [-0.4, -0.2) is 36.5 Å². The first kappa shape index (κ1) is 13.6. The summed E-state index contributed by atoms with van der Waals surface area (Å²) in [5.74, 6) is 0.291. The molecular weight excluding hydrogens is 224 g/mol. The molecule has 102 valence electrons. The van der Waals surface area contributed by atoms with Crippen LogP contribution >= 0.6 is 0 Å². The van der Waals surface area contributed by atoms with Gasteiger partial charge in [0.1, 0.15) is 0 Å². The van der Waals surface area contributed by atoms with Crippen LogP contribution in [0.3, 0.4) is 0 Å². The Morgan fingerprint density at radius 1 is 1.44 bits per heavy atom. The zero-order valence-electron chi connectivity index (χ0n) is 11.9. The molecular formula is C15H26N2O. The van der Waals surface area contributed by atoms with Gasteiger partial charge in [0, 0.05) is 6.54 Å². The van der Waals surface area contributed by atoms with E-state index in [-0.39, 0.29) is 11.5 Å². The number of likely N-dealkylation sites (tertiary alicyclic amines) is 1. The van der Waals surface area contributed by atoms with Gasteiger partial charge in [-0.3, -0.25) is 4.79 Å². The first-order chi connectivity index (χ1) is 8.53. The van der Waals surface area contributed by atoms with Gasteiger partial charge in [-0.05, 0) is 44.6 Å². The van der Waals surface area contributed by atoms with Gasteiger partial charge in [-0.25, -0.2) is 0 Å². The molecule has 18 heavy (non-hydrogen) atoms. The molecule has 0 saturated carbocycles. The van der Waals surface area contributed by atoms with E-state index in [2.05, 4.69) is 36.2 Å². The molecule has 2 rings (SSSR count). The normalized spacial score (nSPS) is 32.4. The summed E-state index contributed by atoms with van der Waals surface area (Å²) in [4.78, 5) is 14.7. The molecule has 1 N–H and O–H groups in total. The fourth-order valence-electron chi connectivity index (χ4n) is 3.08. The smallest absolute Gasteiger partial charge is 0.240 e. The zero-order chi connectivity index (χ0) is 13.2. The average Bonchev–Trinajstić information content (AvgIpc) is 2.47. The zero-order valence-corrected chi connectivity index (χ0v) is 11.9. The van der Waals surface area contributed by atoms with Crippen LogP contribution in [0.15, 0.2) is 12.2 Å². The first-order valence-electron chi connectivity index (χ1n) is 7.18. The Bertz CT molecular complexity index is 335. The molecule has 1 aliphatic heterocycles. The number of carbonyl (C=O) groups excluding carboxylic acids is 1. The first-order valence-corrected chi connectivity index (χ1v) is 7.18. The molecule has 0 spiro atoms. The van der Waals surface area contributed by atoms with Crippen LogP contribution in [0.2, 0.25) is 0 Å². The van der Waals surface area contributed by atoms with Crippen molar-refractivity contribution in [3.63, 3.8) is 0 Å². The topological polar surface area (TPSA) is 32.3 Å². The Balaban J connectivity index is 2.16. The number of hydrogen-bond acceptors (Lipinski definition) is 2. The third-order valence-corrected chi connectivity index (χ3v) is 4.35. The summed E-state index contributed by atoms with van der Waals surface area (Å²) < 4.78 is 0. The van der Waals surface area contributed by atoms with Gasteiger partial charge in [0.2, 0.25) is 5.91 Å². The Labute approximate surface area is 111 Å². The van der Waals surface area contributed by atoms with Crippen molar-refractivity contribution in [3.8, 4) is 0 Å². The van der Waals surface area contributed by atoms with Gasteiger partial charge in [0.05, 0.1) is 12.1 Å². The number of nitrogens with one attached hydrogen (secondary N) is 1. The number of hydrogen-bond donors (Lipinski definition) is 1. The summed E-state index contributed by atoms with van der Waals surface area (Å²) in [6.45, 7) is 5.44. The van der Waals surface area contributed by atoms with Crippen molar-refractivity contribution in [2.24, 2.45) is 5.41 Å². The van der Waals surface area contributed by atoms with E-state index in [0.29, 0.717) is 11.9 Å². The lowest BCUT2D eigenvalue weighted by molar-refractivity contribution is -0.134. The van der Waals surface area contributed by atoms with E-state index < -0.39 is 0 Å². The molecule has 2 aliphatic rings. The van der Waals surface area contributed by atoms with Crippen LogP contribution in [0, 0.1) is 5.41 Å². The van der Waals surface area contributed by atoms with Gasteiger partial charge in [-0.2, -0.15) is 0 Å². The third-order valence-electron chi connectivity index (χ3n) is 4.35. The molecule has 3 nitrogen and oxygen atoms in total. The van der Waals surface area contributed by atoms with E-state index >= 15 is 0 Å². The summed E-state index contributed by atoms with van der Waals surface area (Å²) >= 11 is 0. The summed E-state index contributed by atoms with van der Waals surface area (Å²) in [7, 11) is 1.90. The quantitative estimate of drug-likeness (QED) is 0.763. The van der Waals surface area contributed by atoms with Crippen LogP contribution in [0.25, 0.3) is 0 Å². The maximum Gasteiger partial charge on any atom is 0.240 e. The van der Waals surface area contributed by atoms with Gasteiger partial charge in [0.25, 0.3) is 0 Å². The Kier molecular flexibility index (Phi) is 4.10. The second-order valence-electron chi connectivity index (χ2n) is 6.42. The second-order valence-corrected chi connectivity index (χ2v) is 6.42. The van der Waals surface area contributed by atoms with Gasteiger partial charge in [-0.15, -0.1) is 0 Å². The lowest BCUT2D eigenvalue weighted by Crippen LogP contribution is -2.48. The highest BCUT2D eigenvalue weighted by atomic mass is 16.2. The van der Waals surface area contributed by atoms with Gasteiger partial charge in [-0.1, -0.05) is 26.0 Å². The monoisotopic (exact) mass is 250 g/mol. The molecule has 1 saturated heterocycles. The highest BCUT2D eigenvalue weighted by Gasteiger charge is 2.36. The predicted molar refractivity (Wildman–Crippen MR) is 74.4 cm³/mol. The van der Waals surface area contributed by atoms with Gasteiger partial charge >= 0.3 is 0 Å². The van der Waals surface area contributed by atoms with Crippen molar-refractivity contribution in [1.29, 1.82) is 0 Å². The van der Waals surface area contributed by atoms with Crippen molar-refractivity contribution < 1.29 is 4.79 Å². The van der Waals surface area contributed by atoms with E-state index in [0.717, 1.165) is 25.8 Å². The average molecular weight is 250 g/mol. The van der Waals surface area contributed by atoms with Crippen molar-refractivity contribution in [2.75, 3.05) is 13.6 Å². The second kappa shape index (κ2) is 5.43. The molecule has 0 bridgehead atoms. The van der Waals surface area contributed by atoms with Crippen LogP contribution in [0.5, 0.6) is 0 Å². The molecule has 1 amide bonds. The van der Waals surface area contributed by atoms with Crippen molar-refractivity contribution in [2.45, 2.75) is 58.0 Å². The highest BCUT2D eigenvalue weighted by Crippen LogP contribution is 2.32. The molecule has 1 heterocycles. The number of allylic oxidation sites excluding steroid dienone is 1. The van der Waals surface area contributed by atoms with E-state index in [1.54, 1.807) is 0 Å². The van der Waals surface area contributed by atoms with E-state index in [1.807, 2.05) is 7.05 Å². The SMILES string of the molecule is CNC1CC(C)(C)CCN(C2C=CCCC2)C1=O. The molecule has 0 aromatic rings. The number of rotatable bonds is 2. The molecule has 3 heteroatoms. The van der Waals surface area contributed by atoms with Gasteiger partial charge in [0.15, 0.2) is 0 Å². The van der Waals surface area contributed by atoms with Crippen LogP contribution in [0.4, 0.5) is 0 Å². The van der Waals surface area contributed by atoms with Crippen molar-refractivity contribution >= 4 is 5.91 Å². The maximum atomic E-state index is 12.6. The Hall–Kier alpha value is -0.830. The maximum absolute atomic E-state index is 12.6. The van der Waals surface area contributed by atoms with Gasteiger partial charge < -0.3 is 10.2 Å². The third kappa shape index (κ3) is 2.94. The number of likely N-dealkylation sites (N-methyl/N-ethyl adjacent to an activating group) is 1. The minimum Gasteiger partial charge on any atom is -0.335 e. The fourth-order valence-corrected chi connectivity index (χ4v) is 3.08. The standard InChI is InChI=1S/C15H26N2O/c1-15(2)9-10-17(12-7-5-4-6-8-12)14(18)13(11-15)16-3/h5,7,12-13,16H,4,6,8-11H2,1-3H3. The Morgan fingerprint density at radius 2 is 2.22 bits per heavy atom. The van der Waals surface area contributed by atoms with Crippen molar-refractivity contribution in [3.05, 3.63) is 12.2 Å². The van der Waals surface area contributed by atoms with Crippen molar-refractivity contribution in [1.82, 2.24) is 10.2 Å². The van der Waals surface area contributed by atoms with Crippen LogP contribution < -0.4 is 5.32 Å². The molecule has 0 aromatic heterocycles. The molecule has 0 aromatic carbocycles. The lowest BCUT2D eigenvalue weighted by Gasteiger charge is -2.32. The van der Waals surface area contributed by atoms with Crippen LogP contribution in [-0.2, 0) is 4.79 Å². The number of amides is 1. The molecule has 2 atom stereocenters. The molecule has 1 fully saturated rings. The largest absolute Gasteiger partial charge is 0.335 e.